The maximum absolute atomic E-state index is 13.0. The highest BCUT2D eigenvalue weighted by Gasteiger charge is 2.29. The van der Waals surface area contributed by atoms with Crippen LogP contribution >= 0.6 is 0 Å². The van der Waals surface area contributed by atoms with Gasteiger partial charge in [-0.3, -0.25) is 14.7 Å². The lowest BCUT2D eigenvalue weighted by Crippen LogP contribution is -2.53. The second kappa shape index (κ2) is 12.2. The number of benzene rings is 2. The zero-order valence-corrected chi connectivity index (χ0v) is 20.8. The van der Waals surface area contributed by atoms with Crippen molar-refractivity contribution in [3.8, 4) is 0 Å². The fourth-order valence-electron chi connectivity index (χ4n) is 4.06. The van der Waals surface area contributed by atoms with E-state index >= 15 is 0 Å². The number of aromatic amines is 1. The summed E-state index contributed by atoms with van der Waals surface area (Å²) in [6, 6.07) is 15.2. The second-order valence-corrected chi connectivity index (χ2v) is 8.68. The van der Waals surface area contributed by atoms with Crippen molar-refractivity contribution in [1.82, 2.24) is 20.0 Å². The molecule has 11 heteroatoms. The number of fused-ring (bicyclic) bond motifs is 1. The van der Waals surface area contributed by atoms with Crippen LogP contribution in [0.4, 0.5) is 0 Å². The Morgan fingerprint density at radius 1 is 0.974 bits per heavy atom. The minimum absolute atomic E-state index is 0.129. The molecular formula is C27H28N4O7. The summed E-state index contributed by atoms with van der Waals surface area (Å²) in [5.74, 6) is -2.39. The number of nitrogens with zero attached hydrogens (tertiary/aromatic N) is 3. The van der Waals surface area contributed by atoms with E-state index < -0.39 is 37.2 Å². The van der Waals surface area contributed by atoms with E-state index in [0.29, 0.717) is 31.7 Å². The Kier molecular flexibility index (Phi) is 8.49. The van der Waals surface area contributed by atoms with Gasteiger partial charge in [-0.15, -0.1) is 0 Å². The van der Waals surface area contributed by atoms with E-state index in [0.717, 1.165) is 22.2 Å². The molecule has 2 amide bonds. The lowest BCUT2D eigenvalue weighted by atomic mass is 10.1. The van der Waals surface area contributed by atoms with Gasteiger partial charge in [0, 0.05) is 37.1 Å². The first-order chi connectivity index (χ1) is 18.4. The van der Waals surface area contributed by atoms with Crippen molar-refractivity contribution in [3.05, 3.63) is 65.4 Å². The number of para-hydroxylation sites is 1. The largest absolute Gasteiger partial charge is 0.452 e. The summed E-state index contributed by atoms with van der Waals surface area (Å²) < 4.78 is 9.47. The molecule has 1 aliphatic rings. The summed E-state index contributed by atoms with van der Waals surface area (Å²) in [7, 11) is 0. The molecule has 1 atom stereocenters. The first-order valence-electron chi connectivity index (χ1n) is 12.1. The molecule has 0 aliphatic carbocycles. The third-order valence-corrected chi connectivity index (χ3v) is 6.11. The van der Waals surface area contributed by atoms with Crippen molar-refractivity contribution in [2.24, 2.45) is 0 Å². The minimum Gasteiger partial charge on any atom is -0.452 e. The number of H-pyrrole nitrogens is 1. The summed E-state index contributed by atoms with van der Waals surface area (Å²) in [5, 5.41) is 17.0. The number of aliphatic hydroxyl groups excluding tert-OH is 1. The lowest BCUT2D eigenvalue weighted by molar-refractivity contribution is -0.167. The van der Waals surface area contributed by atoms with E-state index in [1.165, 1.54) is 11.8 Å². The zero-order chi connectivity index (χ0) is 27.1. The maximum Gasteiger partial charge on any atom is 0.345 e. The van der Waals surface area contributed by atoms with Crippen LogP contribution in [0.1, 0.15) is 28.5 Å². The van der Waals surface area contributed by atoms with Gasteiger partial charge in [-0.2, -0.15) is 5.10 Å². The van der Waals surface area contributed by atoms with Crippen molar-refractivity contribution in [2.45, 2.75) is 13.0 Å². The standard InChI is InChI=1S/C27H28N4O7/c1-18(38-25(34)17-37-24(33)16-32)26(35)30-12-14-31(15-13-30)27(36)20-9-6-19(7-10-20)8-11-23-21-4-2-3-5-22(21)28-29-23/h2-11,18,32H,12-17H2,1H3,(H,28,29)/b11-8+. The Balaban J connectivity index is 1.26. The van der Waals surface area contributed by atoms with Crippen LogP contribution in [0.15, 0.2) is 48.5 Å². The maximum atomic E-state index is 13.0. The van der Waals surface area contributed by atoms with Gasteiger partial charge in [0.1, 0.15) is 6.61 Å². The average Bonchev–Trinajstić information content (AvgIpc) is 3.37. The molecular weight excluding hydrogens is 492 g/mol. The van der Waals surface area contributed by atoms with E-state index in [9.17, 15) is 19.2 Å². The zero-order valence-electron chi connectivity index (χ0n) is 20.8. The smallest absolute Gasteiger partial charge is 0.345 e. The molecule has 11 nitrogen and oxygen atoms in total. The van der Waals surface area contributed by atoms with Crippen LogP contribution in [0.25, 0.3) is 23.1 Å². The van der Waals surface area contributed by atoms with Crippen LogP contribution in [-0.4, -0.2) is 94.4 Å². The molecule has 1 saturated heterocycles. The van der Waals surface area contributed by atoms with Gasteiger partial charge in [0.15, 0.2) is 12.7 Å². The molecule has 2 N–H and O–H groups in total. The third-order valence-electron chi connectivity index (χ3n) is 6.11. The summed E-state index contributed by atoms with van der Waals surface area (Å²) in [6.45, 7) is 1.16. The third kappa shape index (κ3) is 6.43. The highest BCUT2D eigenvalue weighted by molar-refractivity contribution is 5.95. The Morgan fingerprint density at radius 2 is 1.66 bits per heavy atom. The average molecular weight is 521 g/mol. The Hall–Kier alpha value is -4.51. The van der Waals surface area contributed by atoms with E-state index in [-0.39, 0.29) is 5.91 Å². The number of hydrogen-bond acceptors (Lipinski definition) is 8. The number of carbonyl (C=O) groups is 4. The summed E-state index contributed by atoms with van der Waals surface area (Å²) >= 11 is 0. The number of nitrogens with one attached hydrogen (secondary N) is 1. The van der Waals surface area contributed by atoms with Crippen molar-refractivity contribution in [1.29, 1.82) is 0 Å². The summed E-state index contributed by atoms with van der Waals surface area (Å²) in [5.41, 5.74) is 3.28. The Morgan fingerprint density at radius 3 is 2.37 bits per heavy atom. The molecule has 1 aliphatic heterocycles. The first kappa shape index (κ1) is 26.6. The molecule has 2 aromatic carbocycles. The van der Waals surface area contributed by atoms with E-state index in [4.69, 9.17) is 9.84 Å². The highest BCUT2D eigenvalue weighted by atomic mass is 16.6. The molecule has 1 fully saturated rings. The van der Waals surface area contributed by atoms with Crippen LogP contribution < -0.4 is 0 Å². The molecule has 38 heavy (non-hydrogen) atoms. The molecule has 2 heterocycles. The van der Waals surface area contributed by atoms with E-state index in [1.54, 1.807) is 17.0 Å². The number of ether oxygens (including phenoxy) is 2. The molecule has 0 saturated carbocycles. The van der Waals surface area contributed by atoms with Gasteiger partial charge in [-0.25, -0.2) is 9.59 Å². The summed E-state index contributed by atoms with van der Waals surface area (Å²) in [6.07, 6.45) is 2.79. The minimum atomic E-state index is -1.07. The van der Waals surface area contributed by atoms with Crippen molar-refractivity contribution in [2.75, 3.05) is 39.4 Å². The predicted molar refractivity (Wildman–Crippen MR) is 138 cm³/mol. The number of hydrogen-bond donors (Lipinski definition) is 2. The molecule has 0 radical (unpaired) electrons. The molecule has 3 aromatic rings. The predicted octanol–water partition coefficient (Wildman–Crippen LogP) is 1.48. The van der Waals surface area contributed by atoms with Crippen molar-refractivity contribution >= 4 is 46.8 Å². The summed E-state index contributed by atoms with van der Waals surface area (Å²) in [4.78, 5) is 51.4. The van der Waals surface area contributed by atoms with Gasteiger partial charge in [0.2, 0.25) is 0 Å². The first-order valence-corrected chi connectivity index (χ1v) is 12.1. The van der Waals surface area contributed by atoms with Crippen LogP contribution in [-0.2, 0) is 23.9 Å². The number of carbonyl (C=O) groups excluding carboxylic acids is 4. The van der Waals surface area contributed by atoms with Crippen molar-refractivity contribution in [3.63, 3.8) is 0 Å². The highest BCUT2D eigenvalue weighted by Crippen LogP contribution is 2.18. The molecule has 0 bridgehead atoms. The van der Waals surface area contributed by atoms with Crippen LogP contribution in [0.5, 0.6) is 0 Å². The van der Waals surface area contributed by atoms with Gasteiger partial charge in [-0.05, 0) is 36.8 Å². The number of piperazine rings is 1. The SMILES string of the molecule is CC(OC(=O)COC(=O)CO)C(=O)N1CCN(C(=O)c2ccc(/C=C/c3n[nH]c4ccccc34)cc2)CC1. The monoisotopic (exact) mass is 520 g/mol. The molecule has 1 unspecified atom stereocenters. The van der Waals surface area contributed by atoms with E-state index in [1.807, 2.05) is 48.6 Å². The normalized spacial score (nSPS) is 14.5. The number of aromatic nitrogens is 2. The number of aliphatic hydroxyl groups is 1. The number of rotatable bonds is 8. The van der Waals surface area contributed by atoms with Gasteiger partial charge >= 0.3 is 11.9 Å². The van der Waals surface area contributed by atoms with Crippen molar-refractivity contribution < 1.29 is 33.8 Å². The lowest BCUT2D eigenvalue weighted by Gasteiger charge is -2.35. The van der Waals surface area contributed by atoms with Gasteiger partial charge in [0.25, 0.3) is 11.8 Å². The molecule has 0 spiro atoms. The second-order valence-electron chi connectivity index (χ2n) is 8.68. The topological polar surface area (TPSA) is 142 Å². The Bertz CT molecular complexity index is 1340. The van der Waals surface area contributed by atoms with Gasteiger partial charge < -0.3 is 24.4 Å². The van der Waals surface area contributed by atoms with Gasteiger partial charge in [0.05, 0.1) is 11.2 Å². The molecule has 4 rings (SSSR count). The molecule has 198 valence electrons. The number of esters is 2. The Labute approximate surface area is 218 Å². The van der Waals surface area contributed by atoms with Crippen LogP contribution in [0.3, 0.4) is 0 Å². The van der Waals surface area contributed by atoms with Crippen LogP contribution in [0.2, 0.25) is 0 Å². The quantitative estimate of drug-likeness (QED) is 0.426. The van der Waals surface area contributed by atoms with E-state index in [2.05, 4.69) is 14.9 Å². The number of amides is 2. The van der Waals surface area contributed by atoms with Gasteiger partial charge in [-0.1, -0.05) is 36.4 Å². The fourth-order valence-corrected chi connectivity index (χ4v) is 4.06. The molecule has 1 aromatic heterocycles. The van der Waals surface area contributed by atoms with Crippen LogP contribution in [0, 0.1) is 0 Å². The fraction of sp³-hybridized carbons (Fsp3) is 0.296.